The van der Waals surface area contributed by atoms with Gasteiger partial charge in [0.2, 0.25) is 5.75 Å². The Bertz CT molecular complexity index is 1020. The summed E-state index contributed by atoms with van der Waals surface area (Å²) >= 11 is 6.07. The maximum Gasteiger partial charge on any atom is 0.203 e. The van der Waals surface area contributed by atoms with Gasteiger partial charge < -0.3 is 14.2 Å². The van der Waals surface area contributed by atoms with Gasteiger partial charge in [0.25, 0.3) is 0 Å². The number of halogens is 1. The molecule has 1 atom stereocenters. The van der Waals surface area contributed by atoms with Crippen molar-refractivity contribution >= 4 is 11.6 Å². The van der Waals surface area contributed by atoms with Crippen molar-refractivity contribution in [2.75, 3.05) is 34.4 Å². The normalized spacial score (nSPS) is 16.8. The van der Waals surface area contributed by atoms with Crippen LogP contribution in [0.4, 0.5) is 0 Å². The van der Waals surface area contributed by atoms with Crippen LogP contribution in [0.15, 0.2) is 42.6 Å². The number of aromatic amines is 1. The predicted octanol–water partition coefficient (Wildman–Crippen LogP) is 5.14. The first-order chi connectivity index (χ1) is 15.1. The predicted molar refractivity (Wildman–Crippen MR) is 122 cm³/mol. The second-order valence-corrected chi connectivity index (χ2v) is 8.21. The minimum atomic E-state index is 0.382. The number of H-pyrrole nitrogens is 1. The van der Waals surface area contributed by atoms with Gasteiger partial charge in [-0.15, -0.1) is 0 Å². The second-order valence-electron chi connectivity index (χ2n) is 7.77. The second kappa shape index (κ2) is 9.62. The maximum atomic E-state index is 6.07. The number of piperidine rings is 1. The van der Waals surface area contributed by atoms with E-state index in [4.69, 9.17) is 25.8 Å². The molecule has 0 amide bonds. The van der Waals surface area contributed by atoms with E-state index in [2.05, 4.69) is 21.2 Å². The van der Waals surface area contributed by atoms with Crippen molar-refractivity contribution in [2.45, 2.75) is 25.3 Å². The molecule has 1 aliphatic rings. The van der Waals surface area contributed by atoms with Gasteiger partial charge in [-0.3, -0.25) is 10.00 Å². The van der Waals surface area contributed by atoms with Crippen LogP contribution in [0.25, 0.3) is 11.1 Å². The van der Waals surface area contributed by atoms with Gasteiger partial charge >= 0.3 is 0 Å². The molecule has 2 heterocycles. The number of nitrogens with one attached hydrogen (secondary N) is 1. The van der Waals surface area contributed by atoms with E-state index in [1.807, 2.05) is 36.5 Å². The SMILES string of the molecule is COc1ccc(CN2CCC[C@H](c3[nH]ncc3-c3ccc(Cl)cc3)C2)c(OC)c1OC. The summed E-state index contributed by atoms with van der Waals surface area (Å²) < 4.78 is 16.6. The lowest BCUT2D eigenvalue weighted by Crippen LogP contribution is -2.34. The van der Waals surface area contributed by atoms with Gasteiger partial charge in [0.05, 0.1) is 27.5 Å². The number of ether oxygens (including phenoxy) is 3. The van der Waals surface area contributed by atoms with E-state index in [9.17, 15) is 0 Å². The highest BCUT2D eigenvalue weighted by molar-refractivity contribution is 6.30. The average molecular weight is 442 g/mol. The summed E-state index contributed by atoms with van der Waals surface area (Å²) in [6, 6.07) is 11.9. The van der Waals surface area contributed by atoms with E-state index in [1.165, 1.54) is 5.69 Å². The Morgan fingerprint density at radius 2 is 1.81 bits per heavy atom. The molecular weight excluding hydrogens is 414 g/mol. The molecule has 2 aromatic carbocycles. The van der Waals surface area contributed by atoms with Gasteiger partial charge in [0.15, 0.2) is 11.5 Å². The van der Waals surface area contributed by atoms with E-state index in [0.717, 1.165) is 59.9 Å². The highest BCUT2D eigenvalue weighted by Gasteiger charge is 2.26. The Morgan fingerprint density at radius 1 is 1.03 bits per heavy atom. The quantitative estimate of drug-likeness (QED) is 0.550. The monoisotopic (exact) mass is 441 g/mol. The molecule has 31 heavy (non-hydrogen) atoms. The summed E-state index contributed by atoms with van der Waals surface area (Å²) in [6.45, 7) is 2.77. The highest BCUT2D eigenvalue weighted by Crippen LogP contribution is 2.41. The van der Waals surface area contributed by atoms with E-state index < -0.39 is 0 Å². The molecule has 3 aromatic rings. The van der Waals surface area contributed by atoms with Gasteiger partial charge in [-0.05, 0) is 43.1 Å². The van der Waals surface area contributed by atoms with Crippen LogP contribution in [0, 0.1) is 0 Å². The molecule has 1 N–H and O–H groups in total. The lowest BCUT2D eigenvalue weighted by molar-refractivity contribution is 0.195. The van der Waals surface area contributed by atoms with Gasteiger partial charge in [-0.25, -0.2) is 0 Å². The molecule has 0 radical (unpaired) electrons. The van der Waals surface area contributed by atoms with Crippen molar-refractivity contribution in [3.05, 3.63) is 58.9 Å². The van der Waals surface area contributed by atoms with Crippen molar-refractivity contribution in [1.82, 2.24) is 15.1 Å². The fourth-order valence-corrected chi connectivity index (χ4v) is 4.56. The summed E-state index contributed by atoms with van der Waals surface area (Å²) in [5, 5.41) is 8.34. The Balaban J connectivity index is 1.54. The summed E-state index contributed by atoms with van der Waals surface area (Å²) in [4.78, 5) is 2.46. The number of likely N-dealkylation sites (tertiary alicyclic amines) is 1. The fraction of sp³-hybridized carbons (Fsp3) is 0.375. The third-order valence-electron chi connectivity index (χ3n) is 5.92. The lowest BCUT2D eigenvalue weighted by Gasteiger charge is -2.33. The van der Waals surface area contributed by atoms with Crippen molar-refractivity contribution in [1.29, 1.82) is 0 Å². The number of rotatable bonds is 7. The van der Waals surface area contributed by atoms with Crippen molar-refractivity contribution in [2.24, 2.45) is 0 Å². The molecule has 6 nitrogen and oxygen atoms in total. The Kier molecular flexibility index (Phi) is 6.68. The fourth-order valence-electron chi connectivity index (χ4n) is 4.43. The molecule has 0 bridgehead atoms. The van der Waals surface area contributed by atoms with Gasteiger partial charge in [0.1, 0.15) is 0 Å². The van der Waals surface area contributed by atoms with E-state index in [0.29, 0.717) is 17.4 Å². The van der Waals surface area contributed by atoms with Crippen LogP contribution in [0.5, 0.6) is 17.2 Å². The Hall–Kier alpha value is -2.70. The Morgan fingerprint density at radius 3 is 2.52 bits per heavy atom. The molecule has 0 aliphatic carbocycles. The van der Waals surface area contributed by atoms with Crippen LogP contribution in [0.1, 0.15) is 30.0 Å². The van der Waals surface area contributed by atoms with Crippen molar-refractivity contribution < 1.29 is 14.2 Å². The molecule has 0 saturated carbocycles. The number of methoxy groups -OCH3 is 3. The first-order valence-corrected chi connectivity index (χ1v) is 10.8. The molecule has 4 rings (SSSR count). The number of nitrogens with zero attached hydrogens (tertiary/aromatic N) is 2. The smallest absolute Gasteiger partial charge is 0.203 e. The minimum absolute atomic E-state index is 0.382. The van der Waals surface area contributed by atoms with Crippen LogP contribution in [-0.4, -0.2) is 49.5 Å². The zero-order chi connectivity index (χ0) is 21.8. The zero-order valence-corrected chi connectivity index (χ0v) is 18.9. The molecule has 1 aliphatic heterocycles. The maximum absolute atomic E-state index is 6.07. The number of aromatic nitrogens is 2. The largest absolute Gasteiger partial charge is 0.493 e. The number of hydrogen-bond donors (Lipinski definition) is 1. The minimum Gasteiger partial charge on any atom is -0.493 e. The number of benzene rings is 2. The van der Waals surface area contributed by atoms with Crippen LogP contribution in [0.3, 0.4) is 0 Å². The van der Waals surface area contributed by atoms with Crippen LogP contribution in [0.2, 0.25) is 5.02 Å². The Labute approximate surface area is 188 Å². The summed E-state index contributed by atoms with van der Waals surface area (Å²) in [7, 11) is 4.94. The molecule has 164 valence electrons. The summed E-state index contributed by atoms with van der Waals surface area (Å²) in [5.74, 6) is 2.42. The molecular formula is C24H28ClN3O3. The van der Waals surface area contributed by atoms with Crippen molar-refractivity contribution in [3.63, 3.8) is 0 Å². The van der Waals surface area contributed by atoms with Gasteiger partial charge in [-0.2, -0.15) is 5.10 Å². The van der Waals surface area contributed by atoms with Crippen LogP contribution >= 0.6 is 11.6 Å². The third kappa shape index (κ3) is 4.50. The molecule has 0 unspecified atom stereocenters. The highest BCUT2D eigenvalue weighted by atomic mass is 35.5. The van der Waals surface area contributed by atoms with E-state index in [1.54, 1.807) is 21.3 Å². The standard InChI is InChI=1S/C24H28ClN3O3/c1-29-21-11-8-18(23(30-2)24(21)31-3)15-28-12-4-5-17(14-28)22-20(13-26-27-22)16-6-9-19(25)10-7-16/h6-11,13,17H,4-5,12,14-15H2,1-3H3,(H,26,27)/t17-/m0/s1. The molecule has 1 fully saturated rings. The molecule has 1 aromatic heterocycles. The van der Waals surface area contributed by atoms with Crippen molar-refractivity contribution in [3.8, 4) is 28.4 Å². The number of hydrogen-bond acceptors (Lipinski definition) is 5. The van der Waals surface area contributed by atoms with Crippen LogP contribution < -0.4 is 14.2 Å². The van der Waals surface area contributed by atoms with E-state index in [-0.39, 0.29) is 0 Å². The van der Waals surface area contributed by atoms with Gasteiger partial charge in [-0.1, -0.05) is 29.8 Å². The zero-order valence-electron chi connectivity index (χ0n) is 18.2. The van der Waals surface area contributed by atoms with Gasteiger partial charge in [0, 0.05) is 40.9 Å². The average Bonchev–Trinajstić information content (AvgIpc) is 3.29. The van der Waals surface area contributed by atoms with Crippen LogP contribution in [-0.2, 0) is 6.54 Å². The lowest BCUT2D eigenvalue weighted by atomic mass is 9.90. The molecule has 7 heteroatoms. The molecule has 1 saturated heterocycles. The topological polar surface area (TPSA) is 59.6 Å². The summed E-state index contributed by atoms with van der Waals surface area (Å²) in [6.07, 6.45) is 4.16. The molecule has 0 spiro atoms. The van der Waals surface area contributed by atoms with E-state index >= 15 is 0 Å². The third-order valence-corrected chi connectivity index (χ3v) is 6.17. The summed E-state index contributed by atoms with van der Waals surface area (Å²) in [5.41, 5.74) is 4.55. The first kappa shape index (κ1) is 21.5. The first-order valence-electron chi connectivity index (χ1n) is 10.4.